The molecule has 2 rings (SSSR count). The quantitative estimate of drug-likeness (QED) is 0.838. The van der Waals surface area contributed by atoms with Crippen molar-refractivity contribution in [3.05, 3.63) is 29.8 Å². The van der Waals surface area contributed by atoms with Crippen LogP contribution in [0.5, 0.6) is 5.75 Å². The number of rotatable bonds is 4. The third-order valence-corrected chi connectivity index (χ3v) is 3.48. The van der Waals surface area contributed by atoms with Gasteiger partial charge in [0.05, 0.1) is 0 Å². The molecule has 1 unspecified atom stereocenters. The van der Waals surface area contributed by atoms with E-state index in [-0.39, 0.29) is 6.61 Å². The number of benzene rings is 1. The van der Waals surface area contributed by atoms with Gasteiger partial charge in [-0.15, -0.1) is 0 Å². The summed E-state index contributed by atoms with van der Waals surface area (Å²) >= 11 is 0. The fourth-order valence-electron chi connectivity index (χ4n) is 2.41. The molecule has 1 aromatic carbocycles. The fraction of sp³-hybridized carbons (Fsp3) is 0.500. The maximum atomic E-state index is 8.67. The summed E-state index contributed by atoms with van der Waals surface area (Å²) < 4.78 is 5.76. The van der Waals surface area contributed by atoms with Crippen LogP contribution in [-0.4, -0.2) is 42.4 Å². The Bertz CT molecular complexity index is 461. The zero-order chi connectivity index (χ0) is 13.5. The second-order valence-corrected chi connectivity index (χ2v) is 4.86. The second-order valence-electron chi connectivity index (χ2n) is 4.86. The van der Waals surface area contributed by atoms with Crippen molar-refractivity contribution in [2.75, 3.05) is 26.3 Å². The van der Waals surface area contributed by atoms with Gasteiger partial charge in [-0.05, 0) is 44.5 Å². The molecule has 1 N–H and O–H groups in total. The van der Waals surface area contributed by atoms with Gasteiger partial charge in [-0.3, -0.25) is 4.90 Å². The molecule has 1 heterocycles. The average Bonchev–Trinajstić information content (AvgIpc) is 2.83. The highest BCUT2D eigenvalue weighted by Crippen LogP contribution is 2.16. The van der Waals surface area contributed by atoms with Gasteiger partial charge in [0, 0.05) is 18.2 Å². The lowest BCUT2D eigenvalue weighted by molar-refractivity contribution is 0.204. The minimum absolute atomic E-state index is 0.113. The van der Waals surface area contributed by atoms with Crippen LogP contribution >= 0.6 is 0 Å². The first-order valence-corrected chi connectivity index (χ1v) is 6.86. The van der Waals surface area contributed by atoms with Crippen molar-refractivity contribution in [1.29, 1.82) is 0 Å². The first kappa shape index (κ1) is 13.9. The van der Waals surface area contributed by atoms with E-state index in [4.69, 9.17) is 9.84 Å². The summed E-state index contributed by atoms with van der Waals surface area (Å²) in [6.07, 6.45) is 2.60. The normalized spacial score (nSPS) is 18.9. The first-order chi connectivity index (χ1) is 9.29. The second kappa shape index (κ2) is 7.18. The summed E-state index contributed by atoms with van der Waals surface area (Å²) in [7, 11) is 0. The number of ether oxygens (including phenoxy) is 1. The maximum absolute atomic E-state index is 8.67. The lowest BCUT2D eigenvalue weighted by Crippen LogP contribution is -2.31. The van der Waals surface area contributed by atoms with E-state index < -0.39 is 0 Å². The van der Waals surface area contributed by atoms with E-state index in [0.29, 0.717) is 12.6 Å². The van der Waals surface area contributed by atoms with Crippen LogP contribution in [0.25, 0.3) is 0 Å². The van der Waals surface area contributed by atoms with Crippen molar-refractivity contribution in [2.24, 2.45) is 0 Å². The van der Waals surface area contributed by atoms with E-state index in [1.165, 1.54) is 19.4 Å². The van der Waals surface area contributed by atoms with Gasteiger partial charge in [0.1, 0.15) is 19.0 Å². The Hall–Kier alpha value is -1.50. The smallest absolute Gasteiger partial charge is 0.120 e. The van der Waals surface area contributed by atoms with Crippen LogP contribution in [0.3, 0.4) is 0 Å². The van der Waals surface area contributed by atoms with Gasteiger partial charge >= 0.3 is 0 Å². The highest BCUT2D eigenvalue weighted by molar-refractivity contribution is 5.39. The number of hydrogen-bond donors (Lipinski definition) is 1. The van der Waals surface area contributed by atoms with Gasteiger partial charge in [-0.25, -0.2) is 0 Å². The van der Waals surface area contributed by atoms with Crippen molar-refractivity contribution < 1.29 is 9.84 Å². The van der Waals surface area contributed by atoms with Gasteiger partial charge in [0.25, 0.3) is 0 Å². The van der Waals surface area contributed by atoms with E-state index in [1.54, 1.807) is 0 Å². The molecule has 1 aliphatic heterocycles. The Morgan fingerprint density at radius 3 is 3.11 bits per heavy atom. The number of nitrogens with zero attached hydrogens (tertiary/aromatic N) is 1. The van der Waals surface area contributed by atoms with Crippen LogP contribution in [0, 0.1) is 11.8 Å². The Kier molecular flexibility index (Phi) is 5.26. The van der Waals surface area contributed by atoms with Crippen molar-refractivity contribution in [1.82, 2.24) is 4.90 Å². The largest absolute Gasteiger partial charge is 0.492 e. The molecule has 3 nitrogen and oxygen atoms in total. The van der Waals surface area contributed by atoms with Gasteiger partial charge in [-0.2, -0.15) is 0 Å². The van der Waals surface area contributed by atoms with E-state index >= 15 is 0 Å². The van der Waals surface area contributed by atoms with Crippen molar-refractivity contribution in [3.63, 3.8) is 0 Å². The lowest BCUT2D eigenvalue weighted by atomic mass is 10.2. The van der Waals surface area contributed by atoms with Gasteiger partial charge < -0.3 is 9.84 Å². The molecule has 1 atom stereocenters. The summed E-state index contributed by atoms with van der Waals surface area (Å²) in [6.45, 7) is 5.04. The predicted molar refractivity (Wildman–Crippen MR) is 76.2 cm³/mol. The van der Waals surface area contributed by atoms with Crippen LogP contribution in [0.4, 0.5) is 0 Å². The standard InChI is InChI=1S/C16H21NO2/c1-14-5-3-9-17(14)10-12-19-16-8-2-6-15(13-16)7-4-11-18/h2,6,8,13-14,18H,3,5,9-12H2,1H3. The minimum Gasteiger partial charge on any atom is -0.492 e. The monoisotopic (exact) mass is 259 g/mol. The third-order valence-electron chi connectivity index (χ3n) is 3.48. The number of hydrogen-bond acceptors (Lipinski definition) is 3. The van der Waals surface area contributed by atoms with Gasteiger partial charge in [0.15, 0.2) is 0 Å². The highest BCUT2D eigenvalue weighted by atomic mass is 16.5. The Labute approximate surface area is 115 Å². The molecule has 102 valence electrons. The summed E-state index contributed by atoms with van der Waals surface area (Å²) in [6, 6.07) is 8.38. The average molecular weight is 259 g/mol. The SMILES string of the molecule is CC1CCCN1CCOc1cccc(C#CCO)c1. The van der Waals surface area contributed by atoms with E-state index in [9.17, 15) is 0 Å². The summed E-state index contributed by atoms with van der Waals surface area (Å²) in [4.78, 5) is 2.47. The molecule has 1 saturated heterocycles. The van der Waals surface area contributed by atoms with Crippen molar-refractivity contribution >= 4 is 0 Å². The summed E-state index contributed by atoms with van der Waals surface area (Å²) in [5.74, 6) is 6.37. The molecule has 19 heavy (non-hydrogen) atoms. The molecule has 0 amide bonds. The minimum atomic E-state index is -0.113. The summed E-state index contributed by atoms with van der Waals surface area (Å²) in [5.41, 5.74) is 0.876. The molecule has 1 aromatic rings. The topological polar surface area (TPSA) is 32.7 Å². The zero-order valence-electron chi connectivity index (χ0n) is 11.4. The molecular weight excluding hydrogens is 238 g/mol. The van der Waals surface area contributed by atoms with Gasteiger partial charge in [0.2, 0.25) is 0 Å². The van der Waals surface area contributed by atoms with Crippen LogP contribution < -0.4 is 4.74 Å². The van der Waals surface area contributed by atoms with E-state index in [1.807, 2.05) is 24.3 Å². The Balaban J connectivity index is 1.82. The molecule has 3 heteroatoms. The molecular formula is C16H21NO2. The molecule has 0 radical (unpaired) electrons. The Morgan fingerprint density at radius 1 is 1.47 bits per heavy atom. The lowest BCUT2D eigenvalue weighted by Gasteiger charge is -2.20. The zero-order valence-corrected chi connectivity index (χ0v) is 11.4. The Morgan fingerprint density at radius 2 is 2.37 bits per heavy atom. The van der Waals surface area contributed by atoms with Crippen molar-refractivity contribution in [3.8, 4) is 17.6 Å². The number of aliphatic hydroxyl groups is 1. The van der Waals surface area contributed by atoms with Crippen LogP contribution in [0.1, 0.15) is 25.3 Å². The van der Waals surface area contributed by atoms with Crippen LogP contribution in [-0.2, 0) is 0 Å². The molecule has 1 aliphatic rings. The predicted octanol–water partition coefficient (Wildman–Crippen LogP) is 1.89. The van der Waals surface area contributed by atoms with Gasteiger partial charge in [-0.1, -0.05) is 17.9 Å². The summed E-state index contributed by atoms with van der Waals surface area (Å²) in [5, 5.41) is 8.67. The van der Waals surface area contributed by atoms with E-state index in [0.717, 1.165) is 17.9 Å². The molecule has 1 fully saturated rings. The third kappa shape index (κ3) is 4.27. The van der Waals surface area contributed by atoms with Crippen LogP contribution in [0.2, 0.25) is 0 Å². The van der Waals surface area contributed by atoms with Crippen LogP contribution in [0.15, 0.2) is 24.3 Å². The van der Waals surface area contributed by atoms with Crippen molar-refractivity contribution in [2.45, 2.75) is 25.8 Å². The fourth-order valence-corrected chi connectivity index (χ4v) is 2.41. The van der Waals surface area contributed by atoms with E-state index in [2.05, 4.69) is 23.7 Å². The molecule has 0 aromatic heterocycles. The highest BCUT2D eigenvalue weighted by Gasteiger charge is 2.19. The molecule has 0 bridgehead atoms. The maximum Gasteiger partial charge on any atom is 0.120 e. The molecule has 0 aliphatic carbocycles. The molecule has 0 saturated carbocycles. The number of aliphatic hydroxyl groups excluding tert-OH is 1. The number of likely N-dealkylation sites (tertiary alicyclic amines) is 1. The first-order valence-electron chi connectivity index (χ1n) is 6.86. The molecule has 0 spiro atoms.